The average molecular weight is 386 g/mol. The van der Waals surface area contributed by atoms with E-state index >= 15 is 0 Å². The lowest BCUT2D eigenvalue weighted by Crippen LogP contribution is -2.15. The minimum absolute atomic E-state index is 0.122. The number of Topliss-reactive ketones (excluding diaryl/α,β-unsaturated/α-hetero) is 1. The van der Waals surface area contributed by atoms with E-state index in [1.54, 1.807) is 0 Å². The highest BCUT2D eigenvalue weighted by Gasteiger charge is 2.20. The Kier molecular flexibility index (Phi) is 5.43. The Bertz CT molecular complexity index is 1050. The number of esters is 1. The maximum atomic E-state index is 12.5. The van der Waals surface area contributed by atoms with E-state index in [-0.39, 0.29) is 18.8 Å². The van der Waals surface area contributed by atoms with Gasteiger partial charge in [-0.15, -0.1) is 0 Å². The second-order valence-electron chi connectivity index (χ2n) is 7.04. The summed E-state index contributed by atoms with van der Waals surface area (Å²) in [6.45, 7) is 2.26. The molecule has 0 amide bonds. The summed E-state index contributed by atoms with van der Waals surface area (Å²) in [5.74, 6) is 0.143. The van der Waals surface area contributed by atoms with Gasteiger partial charge in [0.1, 0.15) is 5.75 Å². The number of ether oxygens (including phenoxy) is 2. The number of carbonyl (C=O) groups excluding carboxylic acids is 2. The zero-order chi connectivity index (χ0) is 20.2. The Morgan fingerprint density at radius 1 is 0.897 bits per heavy atom. The second kappa shape index (κ2) is 8.31. The largest absolute Gasteiger partial charge is 0.494 e. The number of benzene rings is 3. The molecule has 4 heteroatoms. The third-order valence-corrected chi connectivity index (χ3v) is 5.07. The lowest BCUT2D eigenvalue weighted by atomic mass is 10.0. The quantitative estimate of drug-likeness (QED) is 0.343. The molecule has 0 atom stereocenters. The molecule has 0 unspecified atom stereocenters. The van der Waals surface area contributed by atoms with Crippen molar-refractivity contribution in [1.29, 1.82) is 0 Å². The van der Waals surface area contributed by atoms with Crippen molar-refractivity contribution in [2.45, 2.75) is 19.8 Å². The fourth-order valence-electron chi connectivity index (χ4n) is 3.61. The number of fused-ring (bicyclic) bond motifs is 3. The molecule has 146 valence electrons. The van der Waals surface area contributed by atoms with Crippen molar-refractivity contribution in [1.82, 2.24) is 0 Å². The van der Waals surface area contributed by atoms with E-state index in [0.29, 0.717) is 12.2 Å². The highest BCUT2D eigenvalue weighted by molar-refractivity contribution is 5.99. The molecule has 0 saturated carbocycles. The zero-order valence-electron chi connectivity index (χ0n) is 16.3. The smallest absolute Gasteiger partial charge is 0.310 e. The molecule has 0 bridgehead atoms. The number of ketones is 1. The van der Waals surface area contributed by atoms with Gasteiger partial charge in [0.25, 0.3) is 0 Å². The van der Waals surface area contributed by atoms with Gasteiger partial charge in [0.15, 0.2) is 12.4 Å². The maximum Gasteiger partial charge on any atom is 0.310 e. The highest BCUT2D eigenvalue weighted by Crippen LogP contribution is 2.36. The van der Waals surface area contributed by atoms with E-state index in [2.05, 4.69) is 12.1 Å². The predicted molar refractivity (Wildman–Crippen MR) is 111 cm³/mol. The molecular weight excluding hydrogens is 364 g/mol. The summed E-state index contributed by atoms with van der Waals surface area (Å²) < 4.78 is 10.6. The van der Waals surface area contributed by atoms with Crippen LogP contribution in [-0.4, -0.2) is 25.0 Å². The predicted octanol–water partition coefficient (Wildman–Crippen LogP) is 4.63. The Morgan fingerprint density at radius 2 is 1.66 bits per heavy atom. The molecule has 0 aromatic heterocycles. The third-order valence-electron chi connectivity index (χ3n) is 5.07. The molecule has 0 heterocycles. The Hall–Kier alpha value is -3.40. The van der Waals surface area contributed by atoms with Gasteiger partial charge in [-0.05, 0) is 59.4 Å². The van der Waals surface area contributed by atoms with Crippen molar-refractivity contribution in [3.05, 3.63) is 89.0 Å². The van der Waals surface area contributed by atoms with Gasteiger partial charge in [0, 0.05) is 5.56 Å². The maximum absolute atomic E-state index is 12.5. The molecule has 0 spiro atoms. The molecule has 0 fully saturated rings. The first-order chi connectivity index (χ1) is 14.1. The molecule has 3 aromatic carbocycles. The van der Waals surface area contributed by atoms with Crippen molar-refractivity contribution in [2.24, 2.45) is 0 Å². The topological polar surface area (TPSA) is 52.6 Å². The fraction of sp³-hybridized carbons (Fsp3) is 0.200. The number of rotatable bonds is 7. The molecule has 4 nitrogen and oxygen atoms in total. The molecule has 4 rings (SSSR count). The summed E-state index contributed by atoms with van der Waals surface area (Å²) in [5, 5.41) is 0. The summed E-state index contributed by atoms with van der Waals surface area (Å²) in [7, 11) is 0. The molecular formula is C25H22O4. The molecule has 0 saturated heterocycles. The van der Waals surface area contributed by atoms with Gasteiger partial charge in [-0.25, -0.2) is 0 Å². The SMILES string of the molecule is CCOc1ccc(CC(=O)OCC(=O)c2ccc3c(c2)-c2ccccc2C3)cc1. The van der Waals surface area contributed by atoms with Gasteiger partial charge < -0.3 is 9.47 Å². The molecule has 1 aliphatic carbocycles. The van der Waals surface area contributed by atoms with E-state index in [1.807, 2.05) is 61.5 Å². The summed E-state index contributed by atoms with van der Waals surface area (Å²) in [4.78, 5) is 24.6. The minimum atomic E-state index is -0.422. The molecule has 0 radical (unpaired) electrons. The van der Waals surface area contributed by atoms with Crippen molar-refractivity contribution in [3.63, 3.8) is 0 Å². The first kappa shape index (κ1) is 18.9. The van der Waals surface area contributed by atoms with E-state index in [9.17, 15) is 9.59 Å². The average Bonchev–Trinajstić information content (AvgIpc) is 3.11. The van der Waals surface area contributed by atoms with Crippen LogP contribution in [0.2, 0.25) is 0 Å². The molecule has 0 N–H and O–H groups in total. The Balaban J connectivity index is 1.36. The van der Waals surface area contributed by atoms with Gasteiger partial charge >= 0.3 is 5.97 Å². The van der Waals surface area contributed by atoms with Crippen molar-refractivity contribution in [2.75, 3.05) is 13.2 Å². The second-order valence-corrected chi connectivity index (χ2v) is 7.04. The van der Waals surface area contributed by atoms with E-state index in [4.69, 9.17) is 9.47 Å². The van der Waals surface area contributed by atoms with Gasteiger partial charge in [-0.3, -0.25) is 9.59 Å². The fourth-order valence-corrected chi connectivity index (χ4v) is 3.61. The molecule has 3 aromatic rings. The summed E-state index contributed by atoms with van der Waals surface area (Å²) in [6.07, 6.45) is 1.01. The van der Waals surface area contributed by atoms with Crippen molar-refractivity contribution >= 4 is 11.8 Å². The van der Waals surface area contributed by atoms with Crippen LogP contribution in [0.25, 0.3) is 11.1 Å². The van der Waals surface area contributed by atoms with E-state index < -0.39 is 5.97 Å². The Labute approximate surface area is 170 Å². The normalized spacial score (nSPS) is 11.5. The van der Waals surface area contributed by atoms with Crippen LogP contribution in [-0.2, 0) is 22.4 Å². The van der Waals surface area contributed by atoms with Crippen LogP contribution in [0.4, 0.5) is 0 Å². The standard InChI is InChI=1S/C25H22O4/c1-2-28-21-11-7-17(8-12-21)13-25(27)29-16-24(26)20-10-9-19-14-18-5-3-4-6-22(18)23(19)15-20/h3-12,15H,2,13-14,16H2,1H3. The molecule has 1 aliphatic rings. The van der Waals surface area contributed by atoms with Gasteiger partial charge in [-0.2, -0.15) is 0 Å². The summed E-state index contributed by atoms with van der Waals surface area (Å²) in [6, 6.07) is 21.2. The van der Waals surface area contributed by atoms with E-state index in [0.717, 1.165) is 23.3 Å². The lowest BCUT2D eigenvalue weighted by molar-refractivity contribution is -0.141. The number of hydrogen-bond donors (Lipinski definition) is 0. The van der Waals surface area contributed by atoms with Crippen LogP contribution in [0.5, 0.6) is 5.75 Å². The lowest BCUT2D eigenvalue weighted by Gasteiger charge is -2.07. The van der Waals surface area contributed by atoms with Crippen LogP contribution in [0.1, 0.15) is 34.0 Å². The zero-order valence-corrected chi connectivity index (χ0v) is 16.3. The van der Waals surface area contributed by atoms with Gasteiger partial charge in [-0.1, -0.05) is 48.5 Å². The number of carbonyl (C=O) groups is 2. The first-order valence-electron chi connectivity index (χ1n) is 9.76. The van der Waals surface area contributed by atoms with Crippen LogP contribution >= 0.6 is 0 Å². The van der Waals surface area contributed by atoms with Crippen LogP contribution in [0.15, 0.2) is 66.7 Å². The highest BCUT2D eigenvalue weighted by atomic mass is 16.5. The van der Waals surface area contributed by atoms with E-state index in [1.165, 1.54) is 16.7 Å². The van der Waals surface area contributed by atoms with Crippen LogP contribution < -0.4 is 4.74 Å². The molecule has 29 heavy (non-hydrogen) atoms. The minimum Gasteiger partial charge on any atom is -0.494 e. The first-order valence-corrected chi connectivity index (χ1v) is 9.76. The van der Waals surface area contributed by atoms with Crippen LogP contribution in [0, 0.1) is 0 Å². The van der Waals surface area contributed by atoms with Gasteiger partial charge in [0.2, 0.25) is 0 Å². The number of hydrogen-bond acceptors (Lipinski definition) is 4. The monoisotopic (exact) mass is 386 g/mol. The summed E-state index contributed by atoms with van der Waals surface area (Å²) in [5.41, 5.74) is 6.13. The Morgan fingerprint density at radius 3 is 2.45 bits per heavy atom. The molecule has 0 aliphatic heterocycles. The van der Waals surface area contributed by atoms with Crippen LogP contribution in [0.3, 0.4) is 0 Å². The van der Waals surface area contributed by atoms with Gasteiger partial charge in [0.05, 0.1) is 13.0 Å². The third kappa shape index (κ3) is 4.21. The van der Waals surface area contributed by atoms with Crippen molar-refractivity contribution < 1.29 is 19.1 Å². The summed E-state index contributed by atoms with van der Waals surface area (Å²) >= 11 is 0. The van der Waals surface area contributed by atoms with Crippen molar-refractivity contribution in [3.8, 4) is 16.9 Å².